The topological polar surface area (TPSA) is 49.4 Å². The lowest BCUT2D eigenvalue weighted by atomic mass is 9.75. The zero-order chi connectivity index (χ0) is 14.5. The fraction of sp³-hybridized carbons (Fsp3) is 0.882. The Morgan fingerprint density at radius 2 is 1.57 bits per heavy atom. The van der Waals surface area contributed by atoms with E-state index in [0.29, 0.717) is 5.92 Å². The maximum Gasteiger partial charge on any atom is 0.249 e. The lowest BCUT2D eigenvalue weighted by Crippen LogP contribution is -2.75. The quantitative estimate of drug-likeness (QED) is 0.849. The number of rotatable bonds is 2. The van der Waals surface area contributed by atoms with Crippen LogP contribution in [0, 0.1) is 5.92 Å². The van der Waals surface area contributed by atoms with Crippen LogP contribution in [0.5, 0.6) is 0 Å². The fourth-order valence-electron chi connectivity index (χ4n) is 4.73. The van der Waals surface area contributed by atoms with Crippen molar-refractivity contribution < 1.29 is 9.59 Å². The standard InChI is InChI=1S/C17H26N2O2/c20-14-17(10-4-5-11-17)19(12-13-6-7-13)15(21)16(18-14)8-2-1-3-9-16/h13H,1-12H2,(H,18,20). The first kappa shape index (κ1) is 13.6. The molecule has 21 heavy (non-hydrogen) atoms. The van der Waals surface area contributed by atoms with Crippen LogP contribution in [0.1, 0.15) is 70.6 Å². The molecule has 2 amide bonds. The summed E-state index contributed by atoms with van der Waals surface area (Å²) < 4.78 is 0. The summed E-state index contributed by atoms with van der Waals surface area (Å²) in [7, 11) is 0. The normalized spacial score (nSPS) is 31.0. The molecule has 0 atom stereocenters. The number of carbonyl (C=O) groups excluding carboxylic acids is 2. The van der Waals surface area contributed by atoms with E-state index in [9.17, 15) is 9.59 Å². The average Bonchev–Trinajstić information content (AvgIpc) is 3.18. The van der Waals surface area contributed by atoms with E-state index in [1.807, 2.05) is 4.90 Å². The molecular weight excluding hydrogens is 264 g/mol. The number of carbonyl (C=O) groups is 2. The van der Waals surface area contributed by atoms with Crippen LogP contribution in [0.3, 0.4) is 0 Å². The van der Waals surface area contributed by atoms with Crippen LogP contribution in [-0.4, -0.2) is 34.3 Å². The molecule has 3 saturated carbocycles. The van der Waals surface area contributed by atoms with Crippen molar-refractivity contribution in [2.45, 2.75) is 81.7 Å². The van der Waals surface area contributed by atoms with E-state index >= 15 is 0 Å². The van der Waals surface area contributed by atoms with Crippen molar-refractivity contribution in [3.8, 4) is 0 Å². The van der Waals surface area contributed by atoms with Crippen LogP contribution in [0.2, 0.25) is 0 Å². The van der Waals surface area contributed by atoms with E-state index in [2.05, 4.69) is 5.32 Å². The Labute approximate surface area is 126 Å². The minimum absolute atomic E-state index is 0.155. The van der Waals surface area contributed by atoms with Crippen molar-refractivity contribution in [3.05, 3.63) is 0 Å². The third kappa shape index (κ3) is 2.01. The van der Waals surface area contributed by atoms with E-state index in [1.54, 1.807) is 0 Å². The molecule has 4 nitrogen and oxygen atoms in total. The molecule has 1 saturated heterocycles. The maximum atomic E-state index is 13.3. The van der Waals surface area contributed by atoms with E-state index < -0.39 is 11.1 Å². The highest BCUT2D eigenvalue weighted by Gasteiger charge is 2.59. The Morgan fingerprint density at radius 1 is 0.952 bits per heavy atom. The molecule has 2 spiro atoms. The van der Waals surface area contributed by atoms with Gasteiger partial charge < -0.3 is 10.2 Å². The molecule has 4 aliphatic rings. The molecule has 0 bridgehead atoms. The Morgan fingerprint density at radius 3 is 2.19 bits per heavy atom. The average molecular weight is 290 g/mol. The zero-order valence-electron chi connectivity index (χ0n) is 12.8. The molecule has 1 N–H and O–H groups in total. The highest BCUT2D eigenvalue weighted by Crippen LogP contribution is 2.45. The minimum atomic E-state index is -0.557. The van der Waals surface area contributed by atoms with Crippen LogP contribution >= 0.6 is 0 Å². The molecule has 0 aromatic rings. The van der Waals surface area contributed by atoms with Gasteiger partial charge in [0.1, 0.15) is 11.1 Å². The summed E-state index contributed by atoms with van der Waals surface area (Å²) in [5, 5.41) is 3.21. The number of nitrogens with zero attached hydrogens (tertiary/aromatic N) is 1. The molecule has 0 radical (unpaired) electrons. The Balaban J connectivity index is 1.68. The Hall–Kier alpha value is -1.06. The predicted molar refractivity (Wildman–Crippen MR) is 79.6 cm³/mol. The number of hydrogen-bond donors (Lipinski definition) is 1. The summed E-state index contributed by atoms with van der Waals surface area (Å²) in [5.74, 6) is 1.05. The Bertz CT molecular complexity index is 457. The summed E-state index contributed by atoms with van der Waals surface area (Å²) in [6, 6.07) is 0. The third-order valence-electron chi connectivity index (χ3n) is 6.22. The fourth-order valence-corrected chi connectivity index (χ4v) is 4.73. The summed E-state index contributed by atoms with van der Waals surface area (Å²) in [6.45, 7) is 0.827. The van der Waals surface area contributed by atoms with Crippen molar-refractivity contribution in [2.24, 2.45) is 5.92 Å². The van der Waals surface area contributed by atoms with E-state index in [0.717, 1.165) is 57.9 Å². The summed E-state index contributed by atoms with van der Waals surface area (Å²) in [6.07, 6.45) is 11.4. The molecule has 116 valence electrons. The Kier molecular flexibility index (Phi) is 3.05. The van der Waals surface area contributed by atoms with Crippen molar-refractivity contribution in [1.29, 1.82) is 0 Å². The number of amides is 2. The van der Waals surface area contributed by atoms with Crippen molar-refractivity contribution in [1.82, 2.24) is 10.2 Å². The molecule has 0 unspecified atom stereocenters. The van der Waals surface area contributed by atoms with Crippen LogP contribution in [-0.2, 0) is 9.59 Å². The van der Waals surface area contributed by atoms with Gasteiger partial charge in [-0.15, -0.1) is 0 Å². The lowest BCUT2D eigenvalue weighted by Gasteiger charge is -2.52. The predicted octanol–water partition coefficient (Wildman–Crippen LogP) is 2.37. The van der Waals surface area contributed by atoms with Gasteiger partial charge in [0.25, 0.3) is 0 Å². The van der Waals surface area contributed by atoms with Gasteiger partial charge in [0.05, 0.1) is 0 Å². The van der Waals surface area contributed by atoms with Gasteiger partial charge in [-0.1, -0.05) is 32.1 Å². The lowest BCUT2D eigenvalue weighted by molar-refractivity contribution is -0.165. The molecule has 0 aromatic carbocycles. The van der Waals surface area contributed by atoms with Crippen LogP contribution in [0.4, 0.5) is 0 Å². The molecular formula is C17H26N2O2. The smallest absolute Gasteiger partial charge is 0.249 e. The van der Waals surface area contributed by atoms with Crippen LogP contribution in [0.15, 0.2) is 0 Å². The summed E-state index contributed by atoms with van der Waals surface area (Å²) in [4.78, 5) is 28.3. The molecule has 1 heterocycles. The molecule has 4 fully saturated rings. The summed E-state index contributed by atoms with van der Waals surface area (Å²) in [5.41, 5.74) is -1.06. The monoisotopic (exact) mass is 290 g/mol. The van der Waals surface area contributed by atoms with Crippen LogP contribution < -0.4 is 5.32 Å². The van der Waals surface area contributed by atoms with E-state index in [4.69, 9.17) is 0 Å². The molecule has 4 heteroatoms. The highest BCUT2D eigenvalue weighted by molar-refractivity contribution is 6.02. The molecule has 4 rings (SSSR count). The van der Waals surface area contributed by atoms with Gasteiger partial charge in [-0.05, 0) is 44.4 Å². The number of nitrogens with one attached hydrogen (secondary N) is 1. The van der Waals surface area contributed by atoms with Crippen LogP contribution in [0.25, 0.3) is 0 Å². The van der Waals surface area contributed by atoms with Crippen molar-refractivity contribution >= 4 is 11.8 Å². The maximum absolute atomic E-state index is 13.3. The van der Waals surface area contributed by atoms with E-state index in [-0.39, 0.29) is 11.8 Å². The van der Waals surface area contributed by atoms with Crippen molar-refractivity contribution in [2.75, 3.05) is 6.54 Å². The largest absolute Gasteiger partial charge is 0.340 e. The molecule has 3 aliphatic carbocycles. The highest BCUT2D eigenvalue weighted by atomic mass is 16.2. The molecule has 1 aliphatic heterocycles. The van der Waals surface area contributed by atoms with Gasteiger partial charge in [-0.2, -0.15) is 0 Å². The SMILES string of the molecule is O=C1N(CC2CC2)C2(CCCC2)C(=O)NC12CCCCC2. The van der Waals surface area contributed by atoms with Gasteiger partial charge in [0.15, 0.2) is 0 Å². The zero-order valence-corrected chi connectivity index (χ0v) is 12.8. The second kappa shape index (κ2) is 4.72. The number of hydrogen-bond acceptors (Lipinski definition) is 2. The molecule has 0 aromatic heterocycles. The van der Waals surface area contributed by atoms with Gasteiger partial charge >= 0.3 is 0 Å². The summed E-state index contributed by atoms with van der Waals surface area (Å²) >= 11 is 0. The first-order valence-electron chi connectivity index (χ1n) is 8.81. The van der Waals surface area contributed by atoms with Gasteiger partial charge in [0.2, 0.25) is 11.8 Å². The first-order valence-corrected chi connectivity index (χ1v) is 8.81. The first-order chi connectivity index (χ1) is 10.2. The minimum Gasteiger partial charge on any atom is -0.340 e. The third-order valence-corrected chi connectivity index (χ3v) is 6.22. The number of piperazine rings is 1. The van der Waals surface area contributed by atoms with Gasteiger partial charge in [0, 0.05) is 6.54 Å². The van der Waals surface area contributed by atoms with Gasteiger partial charge in [-0.25, -0.2) is 0 Å². The second-order valence-corrected chi connectivity index (χ2v) is 7.69. The van der Waals surface area contributed by atoms with Gasteiger partial charge in [-0.3, -0.25) is 9.59 Å². The van der Waals surface area contributed by atoms with Crippen molar-refractivity contribution in [3.63, 3.8) is 0 Å². The van der Waals surface area contributed by atoms with E-state index in [1.165, 1.54) is 19.3 Å². The second-order valence-electron chi connectivity index (χ2n) is 7.69.